The Labute approximate surface area is 137 Å². The van der Waals surface area contributed by atoms with Crippen molar-refractivity contribution in [2.24, 2.45) is 4.99 Å². The molecule has 0 aliphatic heterocycles. The third-order valence-electron chi connectivity index (χ3n) is 2.76. The van der Waals surface area contributed by atoms with E-state index in [2.05, 4.69) is 20.3 Å². The molecule has 22 heavy (non-hydrogen) atoms. The van der Waals surface area contributed by atoms with Crippen LogP contribution in [0, 0.1) is 0 Å². The quantitative estimate of drug-likeness (QED) is 0.536. The minimum Gasteiger partial charge on any atom is -0.355 e. The van der Waals surface area contributed by atoms with Gasteiger partial charge in [-0.05, 0) is 31.5 Å². The molecule has 0 spiro atoms. The highest BCUT2D eigenvalue weighted by molar-refractivity contribution is 7.88. The van der Waals surface area contributed by atoms with E-state index in [4.69, 9.17) is 11.6 Å². The molecule has 1 aromatic carbocycles. The van der Waals surface area contributed by atoms with Crippen molar-refractivity contribution < 1.29 is 8.42 Å². The lowest BCUT2D eigenvalue weighted by molar-refractivity contribution is 0.446. The highest BCUT2D eigenvalue weighted by atomic mass is 35.5. The first kappa shape index (κ1) is 18.7. The van der Waals surface area contributed by atoms with Crippen molar-refractivity contribution >= 4 is 27.6 Å². The van der Waals surface area contributed by atoms with Gasteiger partial charge in [0.2, 0.25) is 10.0 Å². The van der Waals surface area contributed by atoms with Crippen LogP contribution in [-0.2, 0) is 16.6 Å². The monoisotopic (exact) mass is 346 g/mol. The Morgan fingerprint density at radius 1 is 1.23 bits per heavy atom. The van der Waals surface area contributed by atoms with Gasteiger partial charge in [-0.3, -0.25) is 4.99 Å². The van der Waals surface area contributed by atoms with Crippen LogP contribution in [0.15, 0.2) is 29.3 Å². The van der Waals surface area contributed by atoms with Gasteiger partial charge < -0.3 is 10.6 Å². The molecule has 124 valence electrons. The first-order valence-electron chi connectivity index (χ1n) is 6.79. The minimum atomic E-state index is -3.26. The summed E-state index contributed by atoms with van der Waals surface area (Å²) >= 11 is 5.84. The minimum absolute atomic E-state index is 0.403. The Kier molecular flexibility index (Phi) is 6.65. The van der Waals surface area contributed by atoms with E-state index in [1.54, 1.807) is 20.9 Å². The summed E-state index contributed by atoms with van der Waals surface area (Å²) in [6.45, 7) is 4.60. The number of nitrogens with one attached hydrogen (secondary N) is 3. The molecule has 0 unspecified atom stereocenters. The maximum Gasteiger partial charge on any atom is 0.209 e. The molecule has 0 fully saturated rings. The van der Waals surface area contributed by atoms with Crippen molar-refractivity contribution in [2.75, 3.05) is 19.8 Å². The van der Waals surface area contributed by atoms with Gasteiger partial charge in [0.15, 0.2) is 5.96 Å². The van der Waals surface area contributed by atoms with E-state index in [1.165, 1.54) is 0 Å². The van der Waals surface area contributed by atoms with E-state index in [0.29, 0.717) is 24.1 Å². The van der Waals surface area contributed by atoms with Crippen LogP contribution in [0.2, 0.25) is 5.02 Å². The van der Waals surface area contributed by atoms with E-state index in [1.807, 2.05) is 24.3 Å². The van der Waals surface area contributed by atoms with Crippen molar-refractivity contribution in [1.29, 1.82) is 0 Å². The average molecular weight is 347 g/mol. The van der Waals surface area contributed by atoms with Gasteiger partial charge in [0, 0.05) is 30.7 Å². The predicted octanol–water partition coefficient (Wildman–Crippen LogP) is 1.33. The molecule has 0 heterocycles. The van der Waals surface area contributed by atoms with Crippen LogP contribution in [0.3, 0.4) is 0 Å². The van der Waals surface area contributed by atoms with Crippen molar-refractivity contribution in [3.05, 3.63) is 34.9 Å². The molecule has 0 saturated heterocycles. The van der Waals surface area contributed by atoms with Gasteiger partial charge in [0.05, 0.1) is 6.26 Å². The number of halogens is 1. The third kappa shape index (κ3) is 7.63. The number of aliphatic imine (C=N–C) groups is 1. The average Bonchev–Trinajstić information content (AvgIpc) is 2.38. The zero-order valence-corrected chi connectivity index (χ0v) is 14.8. The van der Waals surface area contributed by atoms with Crippen LogP contribution in [0.25, 0.3) is 0 Å². The van der Waals surface area contributed by atoms with Gasteiger partial charge in [-0.25, -0.2) is 13.1 Å². The summed E-state index contributed by atoms with van der Waals surface area (Å²) in [5, 5.41) is 6.95. The molecule has 0 saturated carbocycles. The van der Waals surface area contributed by atoms with E-state index < -0.39 is 15.6 Å². The first-order chi connectivity index (χ1) is 10.1. The highest BCUT2D eigenvalue weighted by Crippen LogP contribution is 2.09. The number of hydrogen-bond donors (Lipinski definition) is 3. The van der Waals surface area contributed by atoms with E-state index in [9.17, 15) is 8.42 Å². The Morgan fingerprint density at radius 2 is 1.82 bits per heavy atom. The molecule has 0 amide bonds. The van der Waals surface area contributed by atoms with Crippen molar-refractivity contribution in [3.8, 4) is 0 Å². The van der Waals surface area contributed by atoms with Gasteiger partial charge >= 0.3 is 0 Å². The molecule has 0 aliphatic rings. The second kappa shape index (κ2) is 7.80. The Hall–Kier alpha value is -1.31. The number of benzene rings is 1. The van der Waals surface area contributed by atoms with Crippen molar-refractivity contribution in [2.45, 2.75) is 25.9 Å². The molecule has 1 rings (SSSR count). The van der Waals surface area contributed by atoms with Crippen LogP contribution in [0.5, 0.6) is 0 Å². The van der Waals surface area contributed by atoms with Crippen LogP contribution >= 0.6 is 11.6 Å². The van der Waals surface area contributed by atoms with Gasteiger partial charge in [0.1, 0.15) is 0 Å². The fourth-order valence-corrected chi connectivity index (χ4v) is 3.05. The highest BCUT2D eigenvalue weighted by Gasteiger charge is 2.22. The van der Waals surface area contributed by atoms with Crippen LogP contribution in [-0.4, -0.2) is 39.8 Å². The molecule has 6 nitrogen and oxygen atoms in total. The Morgan fingerprint density at radius 3 is 2.32 bits per heavy atom. The summed E-state index contributed by atoms with van der Waals surface area (Å²) in [6.07, 6.45) is 1.14. The second-order valence-electron chi connectivity index (χ2n) is 5.66. The number of nitrogens with zero attached hydrogens (tertiary/aromatic N) is 1. The number of sulfonamides is 1. The largest absolute Gasteiger partial charge is 0.355 e. The molecule has 0 radical (unpaired) electrons. The Bertz CT molecular complexity index is 612. The summed E-state index contributed by atoms with van der Waals surface area (Å²) in [4.78, 5) is 4.11. The second-order valence-corrected chi connectivity index (χ2v) is 7.85. The lowest BCUT2D eigenvalue weighted by atomic mass is 10.1. The Balaban J connectivity index is 2.50. The lowest BCUT2D eigenvalue weighted by Gasteiger charge is -2.26. The SMILES string of the molecule is CN=C(NCc1ccc(Cl)cc1)NCC(C)(C)NS(C)(=O)=O. The van der Waals surface area contributed by atoms with E-state index in [-0.39, 0.29) is 0 Å². The van der Waals surface area contributed by atoms with Gasteiger partial charge in [-0.1, -0.05) is 23.7 Å². The van der Waals surface area contributed by atoms with Crippen molar-refractivity contribution in [1.82, 2.24) is 15.4 Å². The fourth-order valence-electron chi connectivity index (χ4n) is 1.85. The smallest absolute Gasteiger partial charge is 0.209 e. The standard InChI is InChI=1S/C14H23ClN4O2S/c1-14(2,19-22(4,20)21)10-18-13(16-3)17-9-11-5-7-12(15)8-6-11/h5-8,19H,9-10H2,1-4H3,(H2,16,17,18). The van der Waals surface area contributed by atoms with Crippen molar-refractivity contribution in [3.63, 3.8) is 0 Å². The molecule has 3 N–H and O–H groups in total. The number of guanidine groups is 1. The van der Waals surface area contributed by atoms with E-state index >= 15 is 0 Å². The maximum absolute atomic E-state index is 11.3. The zero-order chi connectivity index (χ0) is 16.8. The van der Waals surface area contributed by atoms with Crippen LogP contribution < -0.4 is 15.4 Å². The molecule has 0 bridgehead atoms. The van der Waals surface area contributed by atoms with Gasteiger partial charge in [-0.15, -0.1) is 0 Å². The summed E-state index contributed by atoms with van der Waals surface area (Å²) in [7, 11) is -1.60. The molecular weight excluding hydrogens is 324 g/mol. The molecular formula is C14H23ClN4O2S. The molecule has 0 aliphatic carbocycles. The third-order valence-corrected chi connectivity index (χ3v) is 3.93. The molecule has 1 aromatic rings. The fraction of sp³-hybridized carbons (Fsp3) is 0.500. The maximum atomic E-state index is 11.3. The zero-order valence-electron chi connectivity index (χ0n) is 13.3. The lowest BCUT2D eigenvalue weighted by Crippen LogP contribution is -2.52. The summed E-state index contributed by atoms with van der Waals surface area (Å²) in [5.74, 6) is 0.596. The summed E-state index contributed by atoms with van der Waals surface area (Å²) in [6, 6.07) is 7.51. The number of hydrogen-bond acceptors (Lipinski definition) is 3. The summed E-state index contributed by atoms with van der Waals surface area (Å²) in [5.41, 5.74) is 0.451. The predicted molar refractivity (Wildman–Crippen MR) is 91.7 cm³/mol. The van der Waals surface area contributed by atoms with Gasteiger partial charge in [-0.2, -0.15) is 0 Å². The topological polar surface area (TPSA) is 82.6 Å². The molecule has 0 aromatic heterocycles. The van der Waals surface area contributed by atoms with E-state index in [0.717, 1.165) is 11.8 Å². The van der Waals surface area contributed by atoms with Crippen LogP contribution in [0.1, 0.15) is 19.4 Å². The van der Waals surface area contributed by atoms with Gasteiger partial charge in [0.25, 0.3) is 0 Å². The normalized spacial score (nSPS) is 13.0. The van der Waals surface area contributed by atoms with Crippen LogP contribution in [0.4, 0.5) is 0 Å². The summed E-state index contributed by atoms with van der Waals surface area (Å²) < 4.78 is 25.2. The first-order valence-corrected chi connectivity index (χ1v) is 9.06. The number of rotatable bonds is 6. The molecule has 0 atom stereocenters. The molecule has 8 heteroatoms.